The number of anilines is 1. The van der Waals surface area contributed by atoms with Gasteiger partial charge in [0.2, 0.25) is 0 Å². The van der Waals surface area contributed by atoms with E-state index in [1.807, 2.05) is 6.92 Å². The summed E-state index contributed by atoms with van der Waals surface area (Å²) in [5.74, 6) is 0.803. The Hall–Kier alpha value is -3.39. The lowest BCUT2D eigenvalue weighted by Gasteiger charge is -2.18. The molecule has 33 heavy (non-hydrogen) atoms. The molecule has 0 spiro atoms. The molecule has 1 heterocycles. The largest absolute Gasteiger partial charge is 0.493 e. The zero-order valence-corrected chi connectivity index (χ0v) is 19.7. The maximum absolute atomic E-state index is 15.0. The first-order valence-corrected chi connectivity index (χ1v) is 11.0. The zero-order chi connectivity index (χ0) is 24.0. The van der Waals surface area contributed by atoms with Crippen LogP contribution in [0.4, 0.5) is 10.1 Å². The van der Waals surface area contributed by atoms with Gasteiger partial charge in [-0.3, -0.25) is 0 Å². The van der Waals surface area contributed by atoms with Crippen LogP contribution in [-0.2, 0) is 0 Å². The van der Waals surface area contributed by atoms with E-state index in [1.165, 1.54) is 6.20 Å². The summed E-state index contributed by atoms with van der Waals surface area (Å²) in [7, 11) is 3.64. The van der Waals surface area contributed by atoms with Gasteiger partial charge in [0.05, 0.1) is 13.7 Å². The average molecular weight is 457 g/mol. The minimum Gasteiger partial charge on any atom is -0.493 e. The molecule has 3 rings (SSSR count). The maximum atomic E-state index is 15.0. The van der Waals surface area contributed by atoms with E-state index in [9.17, 15) is 4.39 Å². The van der Waals surface area contributed by atoms with Crippen LogP contribution in [0, 0.1) is 12.7 Å². The van der Waals surface area contributed by atoms with Crippen LogP contribution in [0.3, 0.4) is 0 Å². The molecule has 0 atom stereocenters. The number of aryl methyl sites for hydroxylation is 1. The molecule has 0 unspecified atom stereocenters. The van der Waals surface area contributed by atoms with E-state index in [4.69, 9.17) is 25.7 Å². The van der Waals surface area contributed by atoms with Crippen LogP contribution in [-0.4, -0.2) is 43.7 Å². The van der Waals surface area contributed by atoms with Crippen molar-refractivity contribution in [2.45, 2.75) is 26.7 Å². The van der Waals surface area contributed by atoms with E-state index >= 15 is 0 Å². The first-order valence-electron chi connectivity index (χ1n) is 11.0. The van der Waals surface area contributed by atoms with E-state index in [0.29, 0.717) is 40.3 Å². The van der Waals surface area contributed by atoms with Crippen molar-refractivity contribution in [1.29, 1.82) is 0 Å². The van der Waals surface area contributed by atoms with Crippen molar-refractivity contribution in [2.75, 3.05) is 39.6 Å². The van der Waals surface area contributed by atoms with E-state index in [1.54, 1.807) is 37.4 Å². The Morgan fingerprint density at radius 3 is 2.64 bits per heavy atom. The highest BCUT2D eigenvalue weighted by Gasteiger charge is 2.18. The van der Waals surface area contributed by atoms with Gasteiger partial charge in [0.25, 0.3) is 0 Å². The fraction of sp³-hybridized carbons (Fsp3) is 0.360. The van der Waals surface area contributed by atoms with E-state index < -0.39 is 5.82 Å². The van der Waals surface area contributed by atoms with E-state index in [-0.39, 0.29) is 11.5 Å². The van der Waals surface area contributed by atoms with Crippen LogP contribution < -0.4 is 25.7 Å². The smallest absolute Gasteiger partial charge is 0.175 e. The molecule has 178 valence electrons. The SMILES string of the molecule is CCCN(C)CCCOc1cc(N)c(/C(=C\N)Oc2ccc3[nH]c(C)cc3c2F)cc1OC. The second-order valence-electron chi connectivity index (χ2n) is 8.02. The lowest BCUT2D eigenvalue weighted by atomic mass is 10.1. The molecular weight excluding hydrogens is 423 g/mol. The number of ether oxygens (including phenoxy) is 3. The molecule has 1 aromatic heterocycles. The Bertz CT molecular complexity index is 1130. The van der Waals surface area contributed by atoms with Gasteiger partial charge < -0.3 is 35.6 Å². The van der Waals surface area contributed by atoms with Crippen molar-refractivity contribution < 1.29 is 18.6 Å². The summed E-state index contributed by atoms with van der Waals surface area (Å²) in [6.07, 6.45) is 3.24. The topological polar surface area (TPSA) is 98.8 Å². The number of nitrogen functional groups attached to an aromatic ring is 1. The summed E-state index contributed by atoms with van der Waals surface area (Å²) in [4.78, 5) is 5.36. The molecule has 0 amide bonds. The number of halogens is 1. The van der Waals surface area contributed by atoms with Crippen LogP contribution >= 0.6 is 0 Å². The molecule has 2 aromatic carbocycles. The van der Waals surface area contributed by atoms with Gasteiger partial charge in [-0.15, -0.1) is 0 Å². The third-order valence-electron chi connectivity index (χ3n) is 5.36. The van der Waals surface area contributed by atoms with Crippen molar-refractivity contribution in [2.24, 2.45) is 5.73 Å². The second kappa shape index (κ2) is 11.0. The lowest BCUT2D eigenvalue weighted by molar-refractivity contribution is 0.254. The summed E-state index contributed by atoms with van der Waals surface area (Å²) >= 11 is 0. The minimum atomic E-state index is -0.477. The number of benzene rings is 2. The standard InChI is InChI=1S/C25H33FN4O3/c1-5-9-30(3)10-6-11-32-23-14-19(28)17(13-22(23)31-4)24(15-27)33-21-8-7-20-18(25(21)26)12-16(2)29-20/h7-8,12-15,29H,5-6,9-11,27-28H2,1-4H3/b24-15+. The highest BCUT2D eigenvalue weighted by Crippen LogP contribution is 2.37. The summed E-state index contributed by atoms with van der Waals surface area (Å²) in [6, 6.07) is 8.40. The molecule has 0 aliphatic heterocycles. The van der Waals surface area contributed by atoms with Crippen molar-refractivity contribution in [3.05, 3.63) is 53.6 Å². The summed E-state index contributed by atoms with van der Waals surface area (Å²) in [6.45, 7) is 6.54. The van der Waals surface area contributed by atoms with Gasteiger partial charge in [-0.1, -0.05) is 6.92 Å². The number of rotatable bonds is 11. The van der Waals surface area contributed by atoms with Gasteiger partial charge in [-0.2, -0.15) is 0 Å². The Morgan fingerprint density at radius 1 is 1.15 bits per heavy atom. The summed E-state index contributed by atoms with van der Waals surface area (Å²) in [5, 5.41) is 0.445. The number of fused-ring (bicyclic) bond motifs is 1. The van der Waals surface area contributed by atoms with Crippen LogP contribution in [0.2, 0.25) is 0 Å². The molecule has 0 saturated heterocycles. The van der Waals surface area contributed by atoms with Crippen LogP contribution in [0.25, 0.3) is 16.7 Å². The molecule has 0 fully saturated rings. The molecule has 0 radical (unpaired) electrons. The Morgan fingerprint density at radius 2 is 1.94 bits per heavy atom. The Labute approximate surface area is 194 Å². The van der Waals surface area contributed by atoms with Crippen LogP contribution in [0.15, 0.2) is 36.5 Å². The van der Waals surface area contributed by atoms with Gasteiger partial charge >= 0.3 is 0 Å². The highest BCUT2D eigenvalue weighted by molar-refractivity contribution is 5.83. The number of nitrogens with two attached hydrogens (primary N) is 2. The number of nitrogens with one attached hydrogen (secondary N) is 1. The Balaban J connectivity index is 1.78. The molecule has 0 bridgehead atoms. The fourth-order valence-electron chi connectivity index (χ4n) is 3.74. The third-order valence-corrected chi connectivity index (χ3v) is 5.36. The lowest BCUT2D eigenvalue weighted by Crippen LogP contribution is -2.21. The van der Waals surface area contributed by atoms with Crippen molar-refractivity contribution in [3.8, 4) is 17.2 Å². The molecule has 0 aliphatic carbocycles. The molecule has 7 nitrogen and oxygen atoms in total. The highest BCUT2D eigenvalue weighted by atomic mass is 19.1. The van der Waals surface area contributed by atoms with Crippen molar-refractivity contribution in [3.63, 3.8) is 0 Å². The van der Waals surface area contributed by atoms with Crippen LogP contribution in [0.1, 0.15) is 31.0 Å². The molecule has 3 aromatic rings. The Kier molecular flexibility index (Phi) is 8.06. The number of aromatic nitrogens is 1. The van der Waals surface area contributed by atoms with Crippen molar-refractivity contribution >= 4 is 22.3 Å². The molecule has 0 saturated carbocycles. The van der Waals surface area contributed by atoms with Gasteiger partial charge in [0.1, 0.15) is 0 Å². The summed E-state index contributed by atoms with van der Waals surface area (Å²) in [5.41, 5.74) is 14.5. The molecular formula is C25H33FN4O3. The number of H-pyrrole nitrogens is 1. The van der Waals surface area contributed by atoms with Crippen LogP contribution in [0.5, 0.6) is 17.2 Å². The summed E-state index contributed by atoms with van der Waals surface area (Å²) < 4.78 is 32.2. The minimum absolute atomic E-state index is 0.0492. The monoisotopic (exact) mass is 456 g/mol. The van der Waals surface area contributed by atoms with Gasteiger partial charge in [-0.05, 0) is 57.6 Å². The zero-order valence-electron chi connectivity index (χ0n) is 19.7. The predicted octanol–water partition coefficient (Wildman–Crippen LogP) is 4.65. The maximum Gasteiger partial charge on any atom is 0.175 e. The number of hydrogen-bond donors (Lipinski definition) is 3. The van der Waals surface area contributed by atoms with Crippen molar-refractivity contribution in [1.82, 2.24) is 9.88 Å². The van der Waals surface area contributed by atoms with E-state index in [0.717, 1.165) is 31.6 Å². The first kappa shape index (κ1) is 24.3. The number of hydrogen-bond acceptors (Lipinski definition) is 6. The van der Waals surface area contributed by atoms with Gasteiger partial charge in [-0.25, -0.2) is 4.39 Å². The van der Waals surface area contributed by atoms with Gasteiger partial charge in [0, 0.05) is 46.7 Å². The third kappa shape index (κ3) is 5.70. The quantitative estimate of drug-likeness (QED) is 0.221. The molecule has 8 heteroatoms. The number of nitrogens with zero attached hydrogens (tertiary/aromatic N) is 1. The first-order chi connectivity index (χ1) is 15.9. The second-order valence-corrected chi connectivity index (χ2v) is 8.02. The molecule has 0 aliphatic rings. The van der Waals surface area contributed by atoms with Gasteiger partial charge in [0.15, 0.2) is 28.8 Å². The predicted molar refractivity (Wildman–Crippen MR) is 131 cm³/mol. The number of methoxy groups -OCH3 is 1. The fourth-order valence-corrected chi connectivity index (χ4v) is 3.74. The molecule has 5 N–H and O–H groups in total. The average Bonchev–Trinajstić information content (AvgIpc) is 3.18. The van der Waals surface area contributed by atoms with E-state index in [2.05, 4.69) is 23.9 Å². The number of aromatic amines is 1. The normalized spacial score (nSPS) is 11.9.